The normalized spacial score (nSPS) is 11.1. The summed E-state index contributed by atoms with van der Waals surface area (Å²) >= 11 is 0. The predicted molar refractivity (Wildman–Crippen MR) is 52.9 cm³/mol. The number of nitrogens with zero attached hydrogens (tertiary/aromatic N) is 2. The van der Waals surface area contributed by atoms with Crippen molar-refractivity contribution in [3.63, 3.8) is 0 Å². The molecule has 5 heteroatoms. The van der Waals surface area contributed by atoms with Gasteiger partial charge in [0.25, 0.3) is 5.71 Å². The van der Waals surface area contributed by atoms with Crippen LogP contribution >= 0.6 is 0 Å². The van der Waals surface area contributed by atoms with Gasteiger partial charge in [-0.3, -0.25) is 0 Å². The van der Waals surface area contributed by atoms with Crippen LogP contribution in [-0.2, 0) is 0 Å². The van der Waals surface area contributed by atoms with Crippen molar-refractivity contribution < 1.29 is 14.4 Å². The summed E-state index contributed by atoms with van der Waals surface area (Å²) in [6.45, 7) is 3.98. The van der Waals surface area contributed by atoms with Gasteiger partial charge in [-0.25, -0.2) is 9.78 Å². The van der Waals surface area contributed by atoms with E-state index in [0.717, 1.165) is 11.1 Å². The second-order valence-corrected chi connectivity index (χ2v) is 3.58. The van der Waals surface area contributed by atoms with Gasteiger partial charge in [0.1, 0.15) is 0 Å². The summed E-state index contributed by atoms with van der Waals surface area (Å²) < 4.78 is 4.98. The van der Waals surface area contributed by atoms with E-state index in [2.05, 4.69) is 10.1 Å². The van der Waals surface area contributed by atoms with Crippen molar-refractivity contribution in [2.45, 2.75) is 19.8 Å². The molecule has 0 aliphatic rings. The molecule has 0 bridgehead atoms. The molecule has 5 nitrogen and oxygen atoms in total. The van der Waals surface area contributed by atoms with E-state index < -0.39 is 5.97 Å². The van der Waals surface area contributed by atoms with Crippen molar-refractivity contribution in [2.24, 2.45) is 0 Å². The minimum atomic E-state index is -1.07. The highest BCUT2D eigenvalue weighted by atomic mass is 16.5. The topological polar surface area (TPSA) is 76.2 Å². The molecule has 0 spiro atoms. The minimum absolute atomic E-state index is 0.0334. The van der Waals surface area contributed by atoms with E-state index in [0.29, 0.717) is 0 Å². The third-order valence-corrected chi connectivity index (χ3v) is 2.13. The average molecular weight is 206 g/mol. The first-order valence-electron chi connectivity index (χ1n) is 4.59. The average Bonchev–Trinajstić information content (AvgIpc) is 2.59. The van der Waals surface area contributed by atoms with Crippen LogP contribution in [0.1, 0.15) is 35.9 Å². The second kappa shape index (κ2) is 3.34. The maximum atomic E-state index is 10.7. The number of hydrogen-bond donors (Lipinski definition) is 1. The van der Waals surface area contributed by atoms with Gasteiger partial charge in [-0.05, 0) is 18.1 Å². The molecule has 0 saturated carbocycles. The van der Waals surface area contributed by atoms with Crippen molar-refractivity contribution in [3.05, 3.63) is 23.5 Å². The molecule has 0 unspecified atom stereocenters. The summed E-state index contributed by atoms with van der Waals surface area (Å²) in [5.41, 5.74) is 1.04. The fourth-order valence-electron chi connectivity index (χ4n) is 1.38. The first-order valence-corrected chi connectivity index (χ1v) is 4.59. The van der Waals surface area contributed by atoms with Crippen LogP contribution in [0.25, 0.3) is 11.1 Å². The maximum absolute atomic E-state index is 10.7. The summed E-state index contributed by atoms with van der Waals surface area (Å²) in [5, 5.41) is 13.4. The summed E-state index contributed by atoms with van der Waals surface area (Å²) in [6.07, 6.45) is 0. The molecular weight excluding hydrogens is 196 g/mol. The van der Waals surface area contributed by atoms with Crippen LogP contribution in [0.15, 0.2) is 16.7 Å². The lowest BCUT2D eigenvalue weighted by molar-refractivity contribution is 0.0690. The van der Waals surface area contributed by atoms with Crippen LogP contribution in [-0.4, -0.2) is 21.2 Å². The molecule has 0 aliphatic heterocycles. The van der Waals surface area contributed by atoms with E-state index in [-0.39, 0.29) is 17.3 Å². The molecule has 0 radical (unpaired) electrons. The van der Waals surface area contributed by atoms with Gasteiger partial charge in [0, 0.05) is 0 Å². The SMILES string of the molecule is CC(C)c1noc2nc(C(=O)O)ccc12. The maximum Gasteiger partial charge on any atom is 0.354 e. The number of carboxylic acids is 1. The Morgan fingerprint density at radius 2 is 2.20 bits per heavy atom. The quantitative estimate of drug-likeness (QED) is 0.813. The van der Waals surface area contributed by atoms with E-state index >= 15 is 0 Å². The molecule has 0 amide bonds. The molecule has 2 rings (SSSR count). The molecule has 1 N–H and O–H groups in total. The van der Waals surface area contributed by atoms with Crippen LogP contribution in [0.3, 0.4) is 0 Å². The van der Waals surface area contributed by atoms with E-state index in [1.54, 1.807) is 6.07 Å². The van der Waals surface area contributed by atoms with Crippen molar-refractivity contribution in [1.29, 1.82) is 0 Å². The molecule has 2 heterocycles. The number of carbonyl (C=O) groups is 1. The molecule has 0 aromatic carbocycles. The third-order valence-electron chi connectivity index (χ3n) is 2.13. The highest BCUT2D eigenvalue weighted by Crippen LogP contribution is 2.23. The number of aromatic carboxylic acids is 1. The van der Waals surface area contributed by atoms with E-state index in [1.165, 1.54) is 6.07 Å². The number of hydrogen-bond acceptors (Lipinski definition) is 4. The highest BCUT2D eigenvalue weighted by molar-refractivity contribution is 5.88. The van der Waals surface area contributed by atoms with Gasteiger partial charge in [-0.1, -0.05) is 19.0 Å². The lowest BCUT2D eigenvalue weighted by atomic mass is 10.1. The Bertz CT molecular complexity index is 516. The summed E-state index contributed by atoms with van der Waals surface area (Å²) in [5.74, 6) is -0.844. The Kier molecular flexibility index (Phi) is 2.15. The van der Waals surface area contributed by atoms with E-state index in [1.807, 2.05) is 13.8 Å². The van der Waals surface area contributed by atoms with Gasteiger partial charge in [0.2, 0.25) is 0 Å². The van der Waals surface area contributed by atoms with E-state index in [9.17, 15) is 4.79 Å². The van der Waals surface area contributed by atoms with Gasteiger partial charge in [-0.15, -0.1) is 0 Å². The fraction of sp³-hybridized carbons (Fsp3) is 0.300. The zero-order chi connectivity index (χ0) is 11.0. The molecule has 2 aromatic rings. The molecule has 15 heavy (non-hydrogen) atoms. The number of carboxylic acid groups (broad SMARTS) is 1. The molecule has 0 saturated heterocycles. The lowest BCUT2D eigenvalue weighted by Crippen LogP contribution is -1.99. The molecule has 0 aliphatic carbocycles. The molecular formula is C10H10N2O3. The Hall–Kier alpha value is -1.91. The molecule has 0 atom stereocenters. The molecule has 0 fully saturated rings. The highest BCUT2D eigenvalue weighted by Gasteiger charge is 2.14. The Labute approximate surface area is 85.7 Å². The largest absolute Gasteiger partial charge is 0.477 e. The lowest BCUT2D eigenvalue weighted by Gasteiger charge is -1.97. The van der Waals surface area contributed by atoms with Crippen LogP contribution in [0, 0.1) is 0 Å². The van der Waals surface area contributed by atoms with Crippen LogP contribution in [0.5, 0.6) is 0 Å². The van der Waals surface area contributed by atoms with Crippen LogP contribution in [0.2, 0.25) is 0 Å². The number of pyridine rings is 1. The van der Waals surface area contributed by atoms with Gasteiger partial charge < -0.3 is 9.63 Å². The number of fused-ring (bicyclic) bond motifs is 1. The Balaban J connectivity index is 2.61. The minimum Gasteiger partial charge on any atom is -0.477 e. The van der Waals surface area contributed by atoms with Crippen molar-refractivity contribution in [2.75, 3.05) is 0 Å². The van der Waals surface area contributed by atoms with Crippen molar-refractivity contribution >= 4 is 17.1 Å². The Morgan fingerprint density at radius 3 is 2.80 bits per heavy atom. The van der Waals surface area contributed by atoms with Crippen molar-refractivity contribution in [3.8, 4) is 0 Å². The third kappa shape index (κ3) is 1.56. The first kappa shape index (κ1) is 9.64. The van der Waals surface area contributed by atoms with Gasteiger partial charge in [0.05, 0.1) is 11.1 Å². The zero-order valence-electron chi connectivity index (χ0n) is 8.39. The monoisotopic (exact) mass is 206 g/mol. The summed E-state index contributed by atoms with van der Waals surface area (Å²) in [6, 6.07) is 3.13. The number of rotatable bonds is 2. The molecule has 2 aromatic heterocycles. The van der Waals surface area contributed by atoms with Crippen LogP contribution in [0.4, 0.5) is 0 Å². The second-order valence-electron chi connectivity index (χ2n) is 3.58. The van der Waals surface area contributed by atoms with Gasteiger partial charge in [0.15, 0.2) is 5.69 Å². The molecule has 78 valence electrons. The van der Waals surface area contributed by atoms with E-state index in [4.69, 9.17) is 9.63 Å². The standard InChI is InChI=1S/C10H10N2O3/c1-5(2)8-6-3-4-7(10(13)14)11-9(6)15-12-8/h3-5H,1-2H3,(H,13,14). The Morgan fingerprint density at radius 1 is 1.47 bits per heavy atom. The fourth-order valence-corrected chi connectivity index (χ4v) is 1.38. The summed E-state index contributed by atoms with van der Waals surface area (Å²) in [4.78, 5) is 14.5. The summed E-state index contributed by atoms with van der Waals surface area (Å²) in [7, 11) is 0. The smallest absolute Gasteiger partial charge is 0.354 e. The zero-order valence-corrected chi connectivity index (χ0v) is 8.39. The van der Waals surface area contributed by atoms with Gasteiger partial charge >= 0.3 is 5.97 Å². The number of aromatic nitrogens is 2. The van der Waals surface area contributed by atoms with Gasteiger partial charge in [-0.2, -0.15) is 0 Å². The van der Waals surface area contributed by atoms with Crippen molar-refractivity contribution in [1.82, 2.24) is 10.1 Å². The van der Waals surface area contributed by atoms with Crippen LogP contribution < -0.4 is 0 Å². The first-order chi connectivity index (χ1) is 7.09. The predicted octanol–water partition coefficient (Wildman–Crippen LogP) is 2.04.